The Labute approximate surface area is 218 Å². The van der Waals surface area contributed by atoms with Gasteiger partial charge in [0.15, 0.2) is 11.5 Å². The summed E-state index contributed by atoms with van der Waals surface area (Å²) in [5.74, 6) is -0.367. The van der Waals surface area contributed by atoms with Crippen LogP contribution in [-0.2, 0) is 14.8 Å². The minimum absolute atomic E-state index is 0.116. The molecule has 3 heterocycles. The lowest BCUT2D eigenvalue weighted by molar-refractivity contribution is 0.0284. The summed E-state index contributed by atoms with van der Waals surface area (Å²) in [5.41, 5.74) is 2.52. The highest BCUT2D eigenvalue weighted by Gasteiger charge is 2.32. The van der Waals surface area contributed by atoms with E-state index in [1.165, 1.54) is 16.4 Å². The average molecular weight is 554 g/mol. The van der Waals surface area contributed by atoms with Crippen LogP contribution in [0.25, 0.3) is 11.0 Å². The number of aryl methyl sites for hydroxylation is 1. The van der Waals surface area contributed by atoms with Gasteiger partial charge in [-0.05, 0) is 42.8 Å². The molecule has 9 nitrogen and oxygen atoms in total. The molecule has 2 aliphatic rings. The molecule has 36 heavy (non-hydrogen) atoms. The third kappa shape index (κ3) is 4.52. The van der Waals surface area contributed by atoms with E-state index in [9.17, 15) is 18.3 Å². The number of piperazine rings is 1. The second-order valence-corrected chi connectivity index (χ2v) is 11.5. The van der Waals surface area contributed by atoms with Gasteiger partial charge in [-0.2, -0.15) is 4.31 Å². The summed E-state index contributed by atoms with van der Waals surface area (Å²) >= 11 is 11.9. The fourth-order valence-corrected chi connectivity index (χ4v) is 6.82. The highest BCUT2D eigenvalue weighted by molar-refractivity contribution is 7.89. The molecule has 0 bridgehead atoms. The van der Waals surface area contributed by atoms with Gasteiger partial charge >= 0.3 is 0 Å². The van der Waals surface area contributed by atoms with Crippen LogP contribution < -0.4 is 4.90 Å². The zero-order valence-electron chi connectivity index (χ0n) is 19.5. The van der Waals surface area contributed by atoms with E-state index in [1.54, 1.807) is 11.0 Å². The molecule has 2 fully saturated rings. The molecule has 2 aromatic carbocycles. The van der Waals surface area contributed by atoms with Crippen molar-refractivity contribution in [3.63, 3.8) is 0 Å². The van der Waals surface area contributed by atoms with Crippen LogP contribution >= 0.6 is 23.2 Å². The Kier molecular flexibility index (Phi) is 6.82. The number of phenols is 1. The zero-order valence-corrected chi connectivity index (χ0v) is 21.9. The molecule has 0 spiro atoms. The van der Waals surface area contributed by atoms with Crippen LogP contribution in [0.2, 0.25) is 10.0 Å². The molecule has 0 radical (unpaired) electrons. The number of hydrogen-bond acceptors (Lipinski definition) is 7. The van der Waals surface area contributed by atoms with Gasteiger partial charge in [0.05, 0.1) is 18.2 Å². The van der Waals surface area contributed by atoms with Gasteiger partial charge in [-0.25, -0.2) is 8.42 Å². The molecule has 0 unspecified atom stereocenters. The first-order chi connectivity index (χ1) is 17.2. The number of carbonyl (C=O) groups is 1. The summed E-state index contributed by atoms with van der Waals surface area (Å²) in [6, 6.07) is 8.04. The van der Waals surface area contributed by atoms with Crippen LogP contribution in [-0.4, -0.2) is 81.1 Å². The Morgan fingerprint density at radius 3 is 2.39 bits per heavy atom. The van der Waals surface area contributed by atoms with Gasteiger partial charge in [0, 0.05) is 55.4 Å². The Balaban J connectivity index is 1.34. The maximum atomic E-state index is 13.2. The Hall–Kier alpha value is -2.50. The lowest BCUT2D eigenvalue weighted by atomic mass is 10.1. The number of aromatic hydroxyl groups is 1. The number of sulfonamides is 1. The van der Waals surface area contributed by atoms with Crippen molar-refractivity contribution in [3.05, 3.63) is 51.7 Å². The van der Waals surface area contributed by atoms with Crippen molar-refractivity contribution in [2.45, 2.75) is 11.8 Å². The first-order valence-corrected chi connectivity index (χ1v) is 13.7. The number of fused-ring (bicyclic) bond motifs is 1. The van der Waals surface area contributed by atoms with E-state index in [-0.39, 0.29) is 33.9 Å². The summed E-state index contributed by atoms with van der Waals surface area (Å²) < 4.78 is 38.8. The largest absolute Gasteiger partial charge is 0.505 e. The van der Waals surface area contributed by atoms with E-state index in [1.807, 2.05) is 19.1 Å². The molecule has 5 rings (SSSR count). The Morgan fingerprint density at radius 2 is 1.69 bits per heavy atom. The summed E-state index contributed by atoms with van der Waals surface area (Å²) in [5, 5.41) is 11.1. The smallest absolute Gasteiger partial charge is 0.289 e. The molecule has 1 amide bonds. The fraction of sp³-hybridized carbons (Fsp3) is 0.375. The number of morpholine rings is 1. The van der Waals surface area contributed by atoms with E-state index in [0.717, 1.165) is 16.6 Å². The number of phenolic OH excluding ortho intramolecular Hbond substituents is 1. The predicted octanol–water partition coefficient (Wildman–Crippen LogP) is 3.74. The minimum atomic E-state index is -3.98. The van der Waals surface area contributed by atoms with Gasteiger partial charge in [-0.3, -0.25) is 4.79 Å². The first-order valence-electron chi connectivity index (χ1n) is 11.5. The maximum absolute atomic E-state index is 13.2. The molecular formula is C24H25Cl2N3O6S. The third-order valence-electron chi connectivity index (χ3n) is 6.64. The third-order valence-corrected chi connectivity index (χ3v) is 9.06. The summed E-state index contributed by atoms with van der Waals surface area (Å²) in [4.78, 5) is 16.4. The van der Waals surface area contributed by atoms with Crippen molar-refractivity contribution < 1.29 is 27.5 Å². The number of furan rings is 1. The van der Waals surface area contributed by atoms with Crippen LogP contribution in [0.15, 0.2) is 39.6 Å². The van der Waals surface area contributed by atoms with Crippen LogP contribution in [0.4, 0.5) is 5.69 Å². The highest BCUT2D eigenvalue weighted by Crippen LogP contribution is 2.37. The molecule has 192 valence electrons. The maximum Gasteiger partial charge on any atom is 0.289 e. The van der Waals surface area contributed by atoms with Gasteiger partial charge < -0.3 is 24.1 Å². The van der Waals surface area contributed by atoms with Gasteiger partial charge in [0.1, 0.15) is 10.5 Å². The molecule has 2 saturated heterocycles. The summed E-state index contributed by atoms with van der Waals surface area (Å²) in [6.07, 6.45) is 0. The van der Waals surface area contributed by atoms with Crippen molar-refractivity contribution in [3.8, 4) is 5.75 Å². The van der Waals surface area contributed by atoms with E-state index < -0.39 is 15.8 Å². The van der Waals surface area contributed by atoms with Crippen molar-refractivity contribution >= 4 is 55.8 Å². The zero-order chi connectivity index (χ0) is 25.6. The fourth-order valence-electron chi connectivity index (χ4n) is 4.66. The minimum Gasteiger partial charge on any atom is -0.505 e. The first kappa shape index (κ1) is 25.2. The number of hydrogen-bond donors (Lipinski definition) is 1. The van der Waals surface area contributed by atoms with Crippen LogP contribution in [0.3, 0.4) is 0 Å². The predicted molar refractivity (Wildman–Crippen MR) is 137 cm³/mol. The average Bonchev–Trinajstić information content (AvgIpc) is 3.32. The number of carbonyl (C=O) groups excluding carboxylic acids is 1. The number of ether oxygens (including phenoxy) is 1. The number of amides is 1. The van der Waals surface area contributed by atoms with Crippen molar-refractivity contribution in [2.24, 2.45) is 0 Å². The SMILES string of the molecule is Cc1c(N2CCN(S(=O)(=O)c3cc(Cl)cc(Cl)c3O)CC2)ccc2oc(C(=O)N3CCOCC3)cc12. The van der Waals surface area contributed by atoms with Crippen LogP contribution in [0, 0.1) is 6.92 Å². The standard InChI is InChI=1S/C24H25Cl2N3O6S/c1-15-17-14-21(24(31)28-8-10-34-11-9-28)35-20(17)3-2-19(15)27-4-6-29(7-5-27)36(32,33)22-13-16(25)12-18(26)23(22)30/h2-3,12-14,30H,4-11H2,1H3. The molecular weight excluding hydrogens is 529 g/mol. The van der Waals surface area contributed by atoms with Crippen LogP contribution in [0.1, 0.15) is 16.1 Å². The van der Waals surface area contributed by atoms with Gasteiger partial charge in [-0.15, -0.1) is 0 Å². The number of rotatable bonds is 4. The van der Waals surface area contributed by atoms with Crippen molar-refractivity contribution in [1.82, 2.24) is 9.21 Å². The van der Waals surface area contributed by atoms with E-state index in [0.29, 0.717) is 50.7 Å². The Morgan fingerprint density at radius 1 is 1.00 bits per heavy atom. The van der Waals surface area contributed by atoms with Crippen molar-refractivity contribution in [1.29, 1.82) is 0 Å². The molecule has 0 aliphatic carbocycles. The molecule has 0 saturated carbocycles. The lowest BCUT2D eigenvalue weighted by Crippen LogP contribution is -2.48. The van der Waals surface area contributed by atoms with E-state index >= 15 is 0 Å². The number of halogens is 2. The normalized spacial score (nSPS) is 17.6. The second-order valence-electron chi connectivity index (χ2n) is 8.76. The van der Waals surface area contributed by atoms with Gasteiger partial charge in [0.2, 0.25) is 10.0 Å². The molecule has 2 aliphatic heterocycles. The Bertz CT molecular complexity index is 1430. The topological polar surface area (TPSA) is 104 Å². The summed E-state index contributed by atoms with van der Waals surface area (Å²) in [7, 11) is -3.98. The van der Waals surface area contributed by atoms with Crippen LogP contribution in [0.5, 0.6) is 5.75 Å². The molecule has 1 N–H and O–H groups in total. The quantitative estimate of drug-likeness (QED) is 0.524. The molecule has 12 heteroatoms. The number of anilines is 1. The molecule has 0 atom stereocenters. The van der Waals surface area contributed by atoms with E-state index in [2.05, 4.69) is 4.90 Å². The molecule has 3 aromatic rings. The van der Waals surface area contributed by atoms with Gasteiger partial charge in [-0.1, -0.05) is 23.2 Å². The summed E-state index contributed by atoms with van der Waals surface area (Å²) in [6.45, 7) is 5.38. The second kappa shape index (κ2) is 9.75. The monoisotopic (exact) mass is 553 g/mol. The van der Waals surface area contributed by atoms with Gasteiger partial charge in [0.25, 0.3) is 5.91 Å². The lowest BCUT2D eigenvalue weighted by Gasteiger charge is -2.36. The van der Waals surface area contributed by atoms with E-state index in [4.69, 9.17) is 32.4 Å². The number of benzene rings is 2. The van der Waals surface area contributed by atoms with Crippen molar-refractivity contribution in [2.75, 3.05) is 57.4 Å². The number of nitrogens with zero attached hydrogens (tertiary/aromatic N) is 3. The molecule has 1 aromatic heterocycles. The highest BCUT2D eigenvalue weighted by atomic mass is 35.5.